The van der Waals surface area contributed by atoms with Crippen molar-refractivity contribution in [3.63, 3.8) is 0 Å². The molecule has 1 unspecified atom stereocenters. The maximum atomic E-state index is 13.2. The fourth-order valence-corrected chi connectivity index (χ4v) is 4.50. The molecule has 3 rings (SSSR count). The van der Waals surface area contributed by atoms with E-state index in [2.05, 4.69) is 10.6 Å². The third-order valence-electron chi connectivity index (χ3n) is 6.50. The zero-order valence-electron chi connectivity index (χ0n) is 20.9. The van der Waals surface area contributed by atoms with Crippen LogP contribution in [0.1, 0.15) is 51.2 Å². The number of carboxylic acids is 1. The molecule has 188 valence electrons. The van der Waals surface area contributed by atoms with Gasteiger partial charge in [-0.3, -0.25) is 4.79 Å². The Labute approximate surface area is 206 Å². The number of hydrogen-bond donors (Lipinski definition) is 3. The van der Waals surface area contributed by atoms with Gasteiger partial charge in [0.15, 0.2) is 0 Å². The van der Waals surface area contributed by atoms with E-state index >= 15 is 0 Å². The fourth-order valence-electron chi connectivity index (χ4n) is 4.50. The molecular weight excluding hydrogens is 448 g/mol. The summed E-state index contributed by atoms with van der Waals surface area (Å²) in [5.41, 5.74) is 2.15. The van der Waals surface area contributed by atoms with Crippen LogP contribution in [-0.4, -0.2) is 55.0 Å². The van der Waals surface area contributed by atoms with E-state index < -0.39 is 35.0 Å². The number of alkyl carbamates (subject to hydrolysis) is 1. The van der Waals surface area contributed by atoms with Crippen molar-refractivity contribution in [2.75, 3.05) is 20.3 Å². The van der Waals surface area contributed by atoms with E-state index in [1.54, 1.807) is 27.7 Å². The summed E-state index contributed by atoms with van der Waals surface area (Å²) in [5, 5.41) is 14.8. The Balaban J connectivity index is 1.76. The molecule has 0 spiro atoms. The first-order valence-electron chi connectivity index (χ1n) is 11.7. The van der Waals surface area contributed by atoms with Gasteiger partial charge in [0.1, 0.15) is 18.2 Å². The van der Waals surface area contributed by atoms with Crippen molar-refractivity contribution < 1.29 is 29.0 Å². The topological polar surface area (TPSA) is 114 Å². The molecule has 0 bridgehead atoms. The van der Waals surface area contributed by atoms with Gasteiger partial charge in [-0.1, -0.05) is 76.2 Å². The Morgan fingerprint density at radius 3 is 2.00 bits per heavy atom. The van der Waals surface area contributed by atoms with Gasteiger partial charge in [-0.15, -0.1) is 0 Å². The van der Waals surface area contributed by atoms with Crippen molar-refractivity contribution in [1.82, 2.24) is 10.6 Å². The minimum Gasteiger partial charge on any atom is -0.480 e. The average Bonchev–Trinajstić information content (AvgIpc) is 3.13. The third-order valence-corrected chi connectivity index (χ3v) is 6.50. The van der Waals surface area contributed by atoms with E-state index in [0.29, 0.717) is 0 Å². The van der Waals surface area contributed by atoms with Crippen LogP contribution in [0.3, 0.4) is 0 Å². The van der Waals surface area contributed by atoms with Gasteiger partial charge in [-0.05, 0) is 34.1 Å². The largest absolute Gasteiger partial charge is 0.480 e. The second kappa shape index (κ2) is 10.5. The molecule has 2 aromatic rings. The first kappa shape index (κ1) is 26.2. The van der Waals surface area contributed by atoms with E-state index in [1.165, 1.54) is 7.11 Å². The van der Waals surface area contributed by atoms with Crippen molar-refractivity contribution in [2.24, 2.45) is 5.41 Å². The highest BCUT2D eigenvalue weighted by atomic mass is 16.5. The molecule has 1 aliphatic rings. The van der Waals surface area contributed by atoms with Crippen LogP contribution >= 0.6 is 0 Å². The molecule has 0 heterocycles. The standard InChI is InChI=1S/C27H34N2O6/c1-6-27(16-34-5,24(32)28-22(23(30)31)26(2,3)4)29-25(33)35-15-21-19-13-9-7-11-17(19)18-12-8-10-14-20(18)21/h7-14,21-22H,6,15-16H2,1-5H3,(H,28,32)(H,29,33)(H,30,31)/t22-,27?/m0/s1. The molecule has 0 fully saturated rings. The summed E-state index contributed by atoms with van der Waals surface area (Å²) in [6.07, 6.45) is -0.601. The van der Waals surface area contributed by atoms with Crippen LogP contribution in [0.25, 0.3) is 11.1 Å². The number of benzene rings is 2. The molecule has 0 aliphatic heterocycles. The monoisotopic (exact) mass is 482 g/mol. The summed E-state index contributed by atoms with van der Waals surface area (Å²) in [4.78, 5) is 37.9. The van der Waals surface area contributed by atoms with Gasteiger partial charge >= 0.3 is 12.1 Å². The number of aliphatic carboxylic acids is 1. The zero-order chi connectivity index (χ0) is 25.8. The second-order valence-corrected chi connectivity index (χ2v) is 9.93. The lowest BCUT2D eigenvalue weighted by atomic mass is 9.85. The Hall–Kier alpha value is -3.39. The predicted octanol–water partition coefficient (Wildman–Crippen LogP) is 3.94. The lowest BCUT2D eigenvalue weighted by molar-refractivity contribution is -0.146. The highest BCUT2D eigenvalue weighted by Gasteiger charge is 2.43. The minimum atomic E-state index is -1.49. The van der Waals surface area contributed by atoms with E-state index in [-0.39, 0.29) is 25.6 Å². The first-order chi connectivity index (χ1) is 16.5. The first-order valence-corrected chi connectivity index (χ1v) is 11.7. The molecule has 0 saturated carbocycles. The number of ether oxygens (including phenoxy) is 2. The Morgan fingerprint density at radius 1 is 1.00 bits per heavy atom. The van der Waals surface area contributed by atoms with Crippen molar-refractivity contribution in [3.05, 3.63) is 59.7 Å². The SMILES string of the molecule is CCC(COC)(NC(=O)OCC1c2ccccc2-c2ccccc21)C(=O)N[C@@H](C(=O)O)C(C)(C)C. The number of amides is 2. The molecule has 0 aromatic heterocycles. The quantitative estimate of drug-likeness (QED) is 0.499. The lowest BCUT2D eigenvalue weighted by Gasteiger charge is -2.35. The van der Waals surface area contributed by atoms with E-state index in [9.17, 15) is 19.5 Å². The Morgan fingerprint density at radius 2 is 1.54 bits per heavy atom. The van der Waals surface area contributed by atoms with Gasteiger partial charge in [0.05, 0.1) is 6.61 Å². The summed E-state index contributed by atoms with van der Waals surface area (Å²) >= 11 is 0. The second-order valence-electron chi connectivity index (χ2n) is 9.93. The van der Waals surface area contributed by atoms with E-state index in [4.69, 9.17) is 9.47 Å². The van der Waals surface area contributed by atoms with Gasteiger partial charge in [-0.25, -0.2) is 9.59 Å². The van der Waals surface area contributed by atoms with Crippen molar-refractivity contribution in [3.8, 4) is 11.1 Å². The molecular formula is C27H34N2O6. The maximum Gasteiger partial charge on any atom is 0.408 e. The highest BCUT2D eigenvalue weighted by Crippen LogP contribution is 2.44. The molecule has 0 radical (unpaired) electrons. The molecule has 8 nitrogen and oxygen atoms in total. The van der Waals surface area contributed by atoms with Gasteiger partial charge in [0.25, 0.3) is 0 Å². The van der Waals surface area contributed by atoms with Crippen LogP contribution < -0.4 is 10.6 Å². The van der Waals surface area contributed by atoms with Crippen molar-refractivity contribution in [2.45, 2.75) is 51.6 Å². The fraction of sp³-hybridized carbons (Fsp3) is 0.444. The van der Waals surface area contributed by atoms with Crippen molar-refractivity contribution >= 4 is 18.0 Å². The minimum absolute atomic E-state index is 0.0913. The number of hydrogen-bond acceptors (Lipinski definition) is 5. The molecule has 2 atom stereocenters. The number of rotatable bonds is 9. The van der Waals surface area contributed by atoms with Crippen LogP contribution in [0, 0.1) is 5.41 Å². The van der Waals surface area contributed by atoms with Crippen molar-refractivity contribution in [1.29, 1.82) is 0 Å². The van der Waals surface area contributed by atoms with E-state index in [1.807, 2.05) is 48.5 Å². The molecule has 35 heavy (non-hydrogen) atoms. The van der Waals surface area contributed by atoms with Crippen LogP contribution in [0.2, 0.25) is 0 Å². The Bertz CT molecular complexity index is 1050. The number of carbonyl (C=O) groups excluding carboxylic acids is 2. The third kappa shape index (κ3) is 5.48. The van der Waals surface area contributed by atoms with Crippen LogP contribution in [0.4, 0.5) is 4.79 Å². The summed E-state index contributed by atoms with van der Waals surface area (Å²) in [7, 11) is 1.41. The van der Waals surface area contributed by atoms with Gasteiger partial charge in [0.2, 0.25) is 5.91 Å². The van der Waals surface area contributed by atoms with E-state index in [0.717, 1.165) is 22.3 Å². The number of nitrogens with one attached hydrogen (secondary N) is 2. The average molecular weight is 483 g/mol. The number of methoxy groups -OCH3 is 1. The molecule has 3 N–H and O–H groups in total. The lowest BCUT2D eigenvalue weighted by Crippen LogP contribution is -2.64. The molecule has 1 aliphatic carbocycles. The van der Waals surface area contributed by atoms with Gasteiger partial charge in [-0.2, -0.15) is 0 Å². The predicted molar refractivity (Wildman–Crippen MR) is 132 cm³/mol. The summed E-state index contributed by atoms with van der Waals surface area (Å²) < 4.78 is 10.9. The van der Waals surface area contributed by atoms with Gasteiger partial charge < -0.3 is 25.2 Å². The molecule has 8 heteroatoms. The summed E-state index contributed by atoms with van der Waals surface area (Å²) in [6.45, 7) is 6.82. The normalized spacial score (nSPS) is 15.3. The summed E-state index contributed by atoms with van der Waals surface area (Å²) in [6, 6.07) is 14.9. The zero-order valence-corrected chi connectivity index (χ0v) is 20.9. The maximum absolute atomic E-state index is 13.2. The number of carbonyl (C=O) groups is 3. The molecule has 2 amide bonds. The van der Waals surface area contributed by atoms with Crippen LogP contribution in [0.15, 0.2) is 48.5 Å². The van der Waals surface area contributed by atoms with Crippen LogP contribution in [-0.2, 0) is 19.1 Å². The van der Waals surface area contributed by atoms with Gasteiger partial charge in [0, 0.05) is 13.0 Å². The number of carboxylic acid groups (broad SMARTS) is 1. The molecule has 2 aromatic carbocycles. The number of fused-ring (bicyclic) bond motifs is 3. The Kier molecular flexibility index (Phi) is 7.85. The van der Waals surface area contributed by atoms with Crippen LogP contribution in [0.5, 0.6) is 0 Å². The summed E-state index contributed by atoms with van der Waals surface area (Å²) in [5.74, 6) is -1.93. The highest BCUT2D eigenvalue weighted by molar-refractivity contribution is 5.93. The smallest absolute Gasteiger partial charge is 0.408 e. The molecule has 0 saturated heterocycles.